The van der Waals surface area contributed by atoms with E-state index in [-0.39, 0.29) is 5.41 Å². The van der Waals surface area contributed by atoms with Crippen LogP contribution in [0.25, 0.3) is 0 Å². The number of rotatable bonds is 6. The van der Waals surface area contributed by atoms with Crippen molar-refractivity contribution >= 4 is 5.78 Å². The molecule has 2 rings (SSSR count). The molecule has 19 heavy (non-hydrogen) atoms. The molecule has 0 unspecified atom stereocenters. The third kappa shape index (κ3) is 3.24. The third-order valence-corrected chi connectivity index (χ3v) is 4.43. The molecule has 2 heteroatoms. The Morgan fingerprint density at radius 2 is 1.74 bits per heavy atom. The quantitative estimate of drug-likeness (QED) is 0.793. The summed E-state index contributed by atoms with van der Waals surface area (Å²) in [6.07, 6.45) is 8.25. The zero-order chi connectivity index (χ0) is 13.6. The number of nitrogens with two attached hydrogens (primary N) is 1. The maximum absolute atomic E-state index is 12.8. The van der Waals surface area contributed by atoms with E-state index in [9.17, 15) is 4.79 Å². The fraction of sp³-hybridized carbons (Fsp3) is 0.588. The number of hydrogen-bond donors (Lipinski definition) is 1. The van der Waals surface area contributed by atoms with Gasteiger partial charge in [-0.2, -0.15) is 0 Å². The molecule has 0 aliphatic heterocycles. The van der Waals surface area contributed by atoms with Crippen molar-refractivity contribution in [1.29, 1.82) is 0 Å². The molecular formula is C17H25NO. The maximum atomic E-state index is 12.8. The van der Waals surface area contributed by atoms with Gasteiger partial charge >= 0.3 is 0 Å². The lowest BCUT2D eigenvalue weighted by molar-refractivity contribution is -0.126. The van der Waals surface area contributed by atoms with Crippen LogP contribution in [0.5, 0.6) is 0 Å². The van der Waals surface area contributed by atoms with E-state index in [4.69, 9.17) is 5.73 Å². The van der Waals surface area contributed by atoms with E-state index in [1.165, 1.54) is 24.8 Å². The van der Waals surface area contributed by atoms with E-state index >= 15 is 0 Å². The Hall–Kier alpha value is -1.15. The molecule has 1 fully saturated rings. The first-order valence-electron chi connectivity index (χ1n) is 7.58. The first-order valence-corrected chi connectivity index (χ1v) is 7.58. The molecule has 1 saturated carbocycles. The summed E-state index contributed by atoms with van der Waals surface area (Å²) in [6.45, 7) is 0.686. The standard InChI is InChI=1S/C17H25NO/c18-14-8-5-11-16(19)17(12-6-2-7-13-17)15-9-3-1-4-10-15/h1,3-4,9-10H,2,5-8,11-14,18H2. The second-order valence-corrected chi connectivity index (χ2v) is 5.68. The summed E-state index contributed by atoms with van der Waals surface area (Å²) in [4.78, 5) is 12.8. The molecule has 1 aromatic rings. The molecule has 0 amide bonds. The van der Waals surface area contributed by atoms with Crippen molar-refractivity contribution in [2.75, 3.05) is 6.54 Å². The van der Waals surface area contributed by atoms with Crippen molar-refractivity contribution in [2.45, 2.75) is 56.8 Å². The van der Waals surface area contributed by atoms with Crippen molar-refractivity contribution in [3.05, 3.63) is 35.9 Å². The van der Waals surface area contributed by atoms with Gasteiger partial charge in [-0.15, -0.1) is 0 Å². The second-order valence-electron chi connectivity index (χ2n) is 5.68. The molecule has 0 atom stereocenters. The molecular weight excluding hydrogens is 234 g/mol. The van der Waals surface area contributed by atoms with Gasteiger partial charge in [0.25, 0.3) is 0 Å². The molecule has 0 heterocycles. The fourth-order valence-corrected chi connectivity index (χ4v) is 3.31. The average Bonchev–Trinajstić information content (AvgIpc) is 2.49. The Morgan fingerprint density at radius 3 is 2.37 bits per heavy atom. The Bertz CT molecular complexity index is 393. The predicted octanol–water partition coefficient (Wildman–Crippen LogP) is 3.59. The molecule has 2 nitrogen and oxygen atoms in total. The Balaban J connectivity index is 2.17. The van der Waals surface area contributed by atoms with Gasteiger partial charge in [-0.25, -0.2) is 0 Å². The second kappa shape index (κ2) is 6.85. The average molecular weight is 259 g/mol. The van der Waals surface area contributed by atoms with Gasteiger partial charge in [0, 0.05) is 6.42 Å². The number of carbonyl (C=O) groups is 1. The smallest absolute Gasteiger partial charge is 0.143 e. The number of benzene rings is 1. The van der Waals surface area contributed by atoms with E-state index in [0.717, 1.165) is 25.7 Å². The molecule has 1 aromatic carbocycles. The van der Waals surface area contributed by atoms with E-state index in [1.807, 2.05) is 6.07 Å². The van der Waals surface area contributed by atoms with Crippen LogP contribution in [-0.4, -0.2) is 12.3 Å². The number of hydrogen-bond acceptors (Lipinski definition) is 2. The zero-order valence-electron chi connectivity index (χ0n) is 11.7. The molecule has 1 aliphatic rings. The number of ketones is 1. The highest BCUT2D eigenvalue weighted by Gasteiger charge is 2.39. The monoisotopic (exact) mass is 259 g/mol. The summed E-state index contributed by atoms with van der Waals surface area (Å²) in [5.41, 5.74) is 6.55. The minimum atomic E-state index is -0.200. The van der Waals surface area contributed by atoms with E-state index in [0.29, 0.717) is 18.7 Å². The van der Waals surface area contributed by atoms with Crippen LogP contribution in [0.15, 0.2) is 30.3 Å². The minimum Gasteiger partial charge on any atom is -0.330 e. The molecule has 0 radical (unpaired) electrons. The van der Waals surface area contributed by atoms with Gasteiger partial charge in [0.05, 0.1) is 5.41 Å². The Labute approximate surface area is 116 Å². The van der Waals surface area contributed by atoms with Gasteiger partial charge in [-0.3, -0.25) is 4.79 Å². The van der Waals surface area contributed by atoms with Gasteiger partial charge in [0.1, 0.15) is 5.78 Å². The van der Waals surface area contributed by atoms with E-state index < -0.39 is 0 Å². The van der Waals surface area contributed by atoms with E-state index in [2.05, 4.69) is 24.3 Å². The van der Waals surface area contributed by atoms with Crippen LogP contribution >= 0.6 is 0 Å². The Kier molecular flexibility index (Phi) is 5.15. The highest BCUT2D eigenvalue weighted by molar-refractivity contribution is 5.90. The zero-order valence-corrected chi connectivity index (χ0v) is 11.7. The van der Waals surface area contributed by atoms with Crippen LogP contribution in [0.4, 0.5) is 0 Å². The highest BCUT2D eigenvalue weighted by atomic mass is 16.1. The highest BCUT2D eigenvalue weighted by Crippen LogP contribution is 2.41. The maximum Gasteiger partial charge on any atom is 0.143 e. The summed E-state index contributed by atoms with van der Waals surface area (Å²) in [5, 5.41) is 0. The van der Waals surface area contributed by atoms with Gasteiger partial charge in [0.2, 0.25) is 0 Å². The predicted molar refractivity (Wildman–Crippen MR) is 79.1 cm³/mol. The van der Waals surface area contributed by atoms with Crippen LogP contribution in [0.3, 0.4) is 0 Å². The molecule has 0 bridgehead atoms. The van der Waals surface area contributed by atoms with Gasteiger partial charge in [-0.1, -0.05) is 49.6 Å². The number of carbonyl (C=O) groups excluding carboxylic acids is 1. The van der Waals surface area contributed by atoms with Crippen molar-refractivity contribution < 1.29 is 4.79 Å². The van der Waals surface area contributed by atoms with Gasteiger partial charge < -0.3 is 5.73 Å². The van der Waals surface area contributed by atoms with Crippen molar-refractivity contribution in [1.82, 2.24) is 0 Å². The van der Waals surface area contributed by atoms with Crippen LogP contribution in [0, 0.1) is 0 Å². The van der Waals surface area contributed by atoms with Crippen LogP contribution in [0.2, 0.25) is 0 Å². The molecule has 0 aromatic heterocycles. The minimum absolute atomic E-state index is 0.200. The van der Waals surface area contributed by atoms with Crippen LogP contribution in [-0.2, 0) is 10.2 Å². The number of unbranched alkanes of at least 4 members (excludes halogenated alkanes) is 1. The molecule has 104 valence electrons. The topological polar surface area (TPSA) is 43.1 Å². The summed E-state index contributed by atoms with van der Waals surface area (Å²) < 4.78 is 0. The molecule has 0 saturated heterocycles. The molecule has 0 spiro atoms. The van der Waals surface area contributed by atoms with Crippen LogP contribution < -0.4 is 5.73 Å². The first-order chi connectivity index (χ1) is 9.29. The lowest BCUT2D eigenvalue weighted by Crippen LogP contribution is -2.38. The lowest BCUT2D eigenvalue weighted by Gasteiger charge is -2.36. The van der Waals surface area contributed by atoms with E-state index in [1.54, 1.807) is 0 Å². The molecule has 2 N–H and O–H groups in total. The summed E-state index contributed by atoms with van der Waals surface area (Å²) in [6, 6.07) is 10.4. The first kappa shape index (κ1) is 14.3. The summed E-state index contributed by atoms with van der Waals surface area (Å²) in [7, 11) is 0. The van der Waals surface area contributed by atoms with Gasteiger partial charge in [0.15, 0.2) is 0 Å². The van der Waals surface area contributed by atoms with Crippen molar-refractivity contribution in [3.63, 3.8) is 0 Å². The normalized spacial score (nSPS) is 18.2. The van der Waals surface area contributed by atoms with Gasteiger partial charge in [-0.05, 0) is 37.8 Å². The lowest BCUT2D eigenvalue weighted by atomic mass is 9.66. The summed E-state index contributed by atoms with van der Waals surface area (Å²) >= 11 is 0. The number of Topliss-reactive ketones (excluding diaryl/α,β-unsaturated/α-hetero) is 1. The largest absolute Gasteiger partial charge is 0.330 e. The molecule has 1 aliphatic carbocycles. The van der Waals surface area contributed by atoms with Crippen molar-refractivity contribution in [3.8, 4) is 0 Å². The Morgan fingerprint density at radius 1 is 1.05 bits per heavy atom. The SMILES string of the molecule is NCCCCC(=O)C1(c2ccccc2)CCCCC1. The third-order valence-electron chi connectivity index (χ3n) is 4.43. The van der Waals surface area contributed by atoms with Crippen LogP contribution in [0.1, 0.15) is 56.9 Å². The van der Waals surface area contributed by atoms with Crippen molar-refractivity contribution in [2.24, 2.45) is 5.73 Å². The summed E-state index contributed by atoms with van der Waals surface area (Å²) in [5.74, 6) is 0.437. The fourth-order valence-electron chi connectivity index (χ4n) is 3.31.